The van der Waals surface area contributed by atoms with E-state index in [9.17, 15) is 0 Å². The van der Waals surface area contributed by atoms with Gasteiger partial charge in [-0.3, -0.25) is 4.99 Å². The van der Waals surface area contributed by atoms with Crippen LogP contribution in [0.3, 0.4) is 0 Å². The number of pyridine rings is 1. The average Bonchev–Trinajstić information content (AvgIpc) is 2.74. The molecule has 2 aromatic heterocycles. The summed E-state index contributed by atoms with van der Waals surface area (Å²) in [5.74, 6) is 0. The molecule has 2 rings (SSSR count). The van der Waals surface area contributed by atoms with Gasteiger partial charge in [-0.15, -0.1) is 0 Å². The smallest absolute Gasteiger partial charge is 0.137 e. The van der Waals surface area contributed by atoms with E-state index in [-0.39, 0.29) is 0 Å². The standard InChI is InChI=1S/C13H15N3/c1-4-12(14-5-2)11-8-10(3)16-7-6-15-13(16)9-11/h4-9H,1-3H3/b12-4-,14-5?. The van der Waals surface area contributed by atoms with E-state index >= 15 is 0 Å². The van der Waals surface area contributed by atoms with Crippen LogP contribution >= 0.6 is 0 Å². The minimum absolute atomic E-state index is 0.959. The Morgan fingerprint density at radius 2 is 2.19 bits per heavy atom. The Morgan fingerprint density at radius 3 is 2.88 bits per heavy atom. The molecule has 0 N–H and O–H groups in total. The molecule has 0 saturated heterocycles. The third-order valence-corrected chi connectivity index (χ3v) is 2.54. The number of hydrogen-bond acceptors (Lipinski definition) is 2. The number of imidazole rings is 1. The van der Waals surface area contributed by atoms with Crippen LogP contribution in [-0.4, -0.2) is 15.6 Å². The molecule has 82 valence electrons. The van der Waals surface area contributed by atoms with E-state index < -0.39 is 0 Å². The highest BCUT2D eigenvalue weighted by Gasteiger charge is 2.03. The Hall–Kier alpha value is -1.90. The lowest BCUT2D eigenvalue weighted by molar-refractivity contribution is 1.09. The summed E-state index contributed by atoms with van der Waals surface area (Å²) in [6.45, 7) is 5.99. The van der Waals surface area contributed by atoms with Crippen LogP contribution < -0.4 is 0 Å². The molecular formula is C13H15N3. The average molecular weight is 213 g/mol. The third kappa shape index (κ3) is 1.76. The van der Waals surface area contributed by atoms with Crippen LogP contribution in [0.2, 0.25) is 0 Å². The summed E-state index contributed by atoms with van der Waals surface area (Å²) in [6, 6.07) is 4.17. The summed E-state index contributed by atoms with van der Waals surface area (Å²) in [5, 5.41) is 0. The number of rotatable bonds is 2. The molecule has 2 aromatic rings. The van der Waals surface area contributed by atoms with Crippen molar-refractivity contribution in [1.82, 2.24) is 9.38 Å². The van der Waals surface area contributed by atoms with Crippen molar-refractivity contribution in [2.45, 2.75) is 20.8 Å². The summed E-state index contributed by atoms with van der Waals surface area (Å²) in [5.41, 5.74) is 4.21. The van der Waals surface area contributed by atoms with Crippen molar-refractivity contribution in [3.63, 3.8) is 0 Å². The van der Waals surface area contributed by atoms with Crippen LogP contribution in [0.4, 0.5) is 0 Å². The first-order chi connectivity index (χ1) is 7.76. The Bertz CT molecular complexity index is 562. The first-order valence-electron chi connectivity index (χ1n) is 5.35. The zero-order valence-electron chi connectivity index (χ0n) is 9.81. The van der Waals surface area contributed by atoms with Crippen molar-refractivity contribution < 1.29 is 0 Å². The highest BCUT2D eigenvalue weighted by Crippen LogP contribution is 2.19. The van der Waals surface area contributed by atoms with E-state index in [4.69, 9.17) is 0 Å². The highest BCUT2D eigenvalue weighted by atomic mass is 15.0. The van der Waals surface area contributed by atoms with Crippen molar-refractivity contribution in [3.8, 4) is 0 Å². The van der Waals surface area contributed by atoms with Gasteiger partial charge in [-0.2, -0.15) is 0 Å². The number of hydrogen-bond donors (Lipinski definition) is 0. The molecule has 0 saturated carbocycles. The van der Waals surface area contributed by atoms with Gasteiger partial charge in [0, 0.05) is 29.9 Å². The SMILES string of the molecule is CC=N/C(=C\C)c1cc(C)n2ccnc2c1. The fraction of sp³-hybridized carbons (Fsp3) is 0.231. The minimum Gasteiger partial charge on any atom is -0.304 e. The van der Waals surface area contributed by atoms with Crippen molar-refractivity contribution in [3.05, 3.63) is 41.9 Å². The molecule has 16 heavy (non-hydrogen) atoms. The molecular weight excluding hydrogens is 198 g/mol. The highest BCUT2D eigenvalue weighted by molar-refractivity contribution is 5.74. The van der Waals surface area contributed by atoms with Gasteiger partial charge >= 0.3 is 0 Å². The largest absolute Gasteiger partial charge is 0.304 e. The number of nitrogens with zero attached hydrogens (tertiary/aromatic N) is 3. The maximum atomic E-state index is 4.34. The molecule has 0 amide bonds. The first-order valence-corrected chi connectivity index (χ1v) is 5.35. The van der Waals surface area contributed by atoms with E-state index in [2.05, 4.69) is 33.4 Å². The molecule has 0 aliphatic rings. The zero-order chi connectivity index (χ0) is 11.5. The maximum Gasteiger partial charge on any atom is 0.137 e. The van der Waals surface area contributed by atoms with Gasteiger partial charge in [0.15, 0.2) is 0 Å². The van der Waals surface area contributed by atoms with Crippen LogP contribution in [0.5, 0.6) is 0 Å². The van der Waals surface area contributed by atoms with Gasteiger partial charge in [-0.1, -0.05) is 6.08 Å². The van der Waals surface area contributed by atoms with Gasteiger partial charge in [-0.25, -0.2) is 4.98 Å². The quantitative estimate of drug-likeness (QED) is 0.705. The third-order valence-electron chi connectivity index (χ3n) is 2.54. The van der Waals surface area contributed by atoms with Crippen LogP contribution in [0, 0.1) is 6.92 Å². The van der Waals surface area contributed by atoms with Crippen molar-refractivity contribution in [2.24, 2.45) is 4.99 Å². The van der Waals surface area contributed by atoms with Crippen molar-refractivity contribution in [2.75, 3.05) is 0 Å². The van der Waals surface area contributed by atoms with E-state index in [0.29, 0.717) is 0 Å². The molecule has 2 heterocycles. The van der Waals surface area contributed by atoms with Gasteiger partial charge in [0.2, 0.25) is 0 Å². The van der Waals surface area contributed by atoms with Crippen LogP contribution in [0.15, 0.2) is 35.6 Å². The normalized spacial score (nSPS) is 12.8. The molecule has 3 heteroatoms. The number of allylic oxidation sites excluding steroid dienone is 1. The van der Waals surface area contributed by atoms with E-state index in [0.717, 1.165) is 22.6 Å². The fourth-order valence-electron chi connectivity index (χ4n) is 1.80. The summed E-state index contributed by atoms with van der Waals surface area (Å²) in [6.07, 6.45) is 7.59. The summed E-state index contributed by atoms with van der Waals surface area (Å²) < 4.78 is 2.06. The predicted molar refractivity (Wildman–Crippen MR) is 67.7 cm³/mol. The molecule has 0 atom stereocenters. The van der Waals surface area contributed by atoms with Gasteiger partial charge in [0.1, 0.15) is 5.65 Å². The van der Waals surface area contributed by atoms with Gasteiger partial charge in [0.25, 0.3) is 0 Å². The Morgan fingerprint density at radius 1 is 1.38 bits per heavy atom. The lowest BCUT2D eigenvalue weighted by atomic mass is 10.1. The first kappa shape index (κ1) is 10.6. The second-order valence-electron chi connectivity index (χ2n) is 3.60. The molecule has 0 fully saturated rings. The van der Waals surface area contributed by atoms with E-state index in [1.165, 1.54) is 0 Å². The molecule has 0 aromatic carbocycles. The second-order valence-corrected chi connectivity index (χ2v) is 3.60. The van der Waals surface area contributed by atoms with Gasteiger partial charge in [-0.05, 0) is 32.9 Å². The monoisotopic (exact) mass is 213 g/mol. The molecule has 0 bridgehead atoms. The zero-order valence-corrected chi connectivity index (χ0v) is 9.81. The summed E-state index contributed by atoms with van der Waals surface area (Å²) in [4.78, 5) is 8.65. The Kier molecular flexibility index (Phi) is 2.86. The molecule has 0 radical (unpaired) electrons. The number of aliphatic imine (C=N–C) groups is 1. The minimum atomic E-state index is 0.959. The molecule has 0 spiro atoms. The van der Waals surface area contributed by atoms with Gasteiger partial charge < -0.3 is 4.40 Å². The number of aryl methyl sites for hydroxylation is 1. The predicted octanol–water partition coefficient (Wildman–Crippen LogP) is 3.09. The van der Waals surface area contributed by atoms with Crippen LogP contribution in [0.25, 0.3) is 11.3 Å². The molecule has 0 aliphatic heterocycles. The Labute approximate surface area is 95.2 Å². The molecule has 0 unspecified atom stereocenters. The maximum absolute atomic E-state index is 4.34. The fourth-order valence-corrected chi connectivity index (χ4v) is 1.80. The van der Waals surface area contributed by atoms with E-state index in [1.54, 1.807) is 6.21 Å². The van der Waals surface area contributed by atoms with Crippen molar-refractivity contribution in [1.29, 1.82) is 0 Å². The Balaban J connectivity index is 2.61. The second kappa shape index (κ2) is 4.31. The van der Waals surface area contributed by atoms with Crippen LogP contribution in [0.1, 0.15) is 25.1 Å². The van der Waals surface area contributed by atoms with Crippen LogP contribution in [-0.2, 0) is 0 Å². The molecule has 3 nitrogen and oxygen atoms in total. The topological polar surface area (TPSA) is 29.7 Å². The van der Waals surface area contributed by atoms with E-state index in [1.807, 2.05) is 32.3 Å². The lowest BCUT2D eigenvalue weighted by Gasteiger charge is -2.05. The van der Waals surface area contributed by atoms with Crippen molar-refractivity contribution >= 4 is 17.6 Å². The number of fused-ring (bicyclic) bond motifs is 1. The summed E-state index contributed by atoms with van der Waals surface area (Å²) >= 11 is 0. The number of aromatic nitrogens is 2. The lowest BCUT2D eigenvalue weighted by Crippen LogP contribution is -1.93. The molecule has 0 aliphatic carbocycles. The van der Waals surface area contributed by atoms with Gasteiger partial charge in [0.05, 0.1) is 5.70 Å². The summed E-state index contributed by atoms with van der Waals surface area (Å²) in [7, 11) is 0.